The Morgan fingerprint density at radius 3 is 2.86 bits per heavy atom. The lowest BCUT2D eigenvalue weighted by Gasteiger charge is -2.03. The number of nitrogens with one attached hydrogen (secondary N) is 1. The second kappa shape index (κ2) is 3.80. The predicted octanol–water partition coefficient (Wildman–Crippen LogP) is 2.49. The molecule has 3 nitrogen and oxygen atoms in total. The van der Waals surface area contributed by atoms with Crippen molar-refractivity contribution in [2.24, 2.45) is 0 Å². The quantitative estimate of drug-likeness (QED) is 0.807. The molecule has 0 aliphatic rings. The summed E-state index contributed by atoms with van der Waals surface area (Å²) in [7, 11) is 0. The molecule has 74 valence electrons. The maximum atomic E-state index is 5.46. The molecule has 0 spiro atoms. The van der Waals surface area contributed by atoms with Gasteiger partial charge >= 0.3 is 0 Å². The van der Waals surface area contributed by atoms with Gasteiger partial charge in [0.25, 0.3) is 0 Å². The van der Waals surface area contributed by atoms with Crippen molar-refractivity contribution in [2.45, 2.75) is 26.6 Å². The molecule has 14 heavy (non-hydrogen) atoms. The van der Waals surface area contributed by atoms with Gasteiger partial charge in [0.1, 0.15) is 12.4 Å². The van der Waals surface area contributed by atoms with Crippen LogP contribution in [0.25, 0.3) is 11.0 Å². The molecule has 0 bridgehead atoms. The zero-order valence-electron chi connectivity index (χ0n) is 8.45. The highest BCUT2D eigenvalue weighted by Crippen LogP contribution is 2.11. The summed E-state index contributed by atoms with van der Waals surface area (Å²) in [5.74, 6) is 0.889. The topological polar surface area (TPSA) is 37.9 Å². The van der Waals surface area contributed by atoms with Gasteiger partial charge < -0.3 is 9.72 Å². The fourth-order valence-electron chi connectivity index (χ4n) is 1.32. The third-order valence-electron chi connectivity index (χ3n) is 1.99. The first kappa shape index (κ1) is 9.21. The second-order valence-corrected chi connectivity index (χ2v) is 3.56. The van der Waals surface area contributed by atoms with E-state index in [0.717, 1.165) is 16.9 Å². The van der Waals surface area contributed by atoms with Crippen LogP contribution in [0.5, 0.6) is 0 Å². The van der Waals surface area contributed by atoms with E-state index in [1.165, 1.54) is 0 Å². The van der Waals surface area contributed by atoms with Gasteiger partial charge in [-0.2, -0.15) is 0 Å². The minimum Gasteiger partial charge on any atom is -0.371 e. The van der Waals surface area contributed by atoms with Crippen LogP contribution in [0, 0.1) is 0 Å². The van der Waals surface area contributed by atoms with Crippen molar-refractivity contribution in [2.75, 3.05) is 0 Å². The highest BCUT2D eigenvalue weighted by molar-refractivity contribution is 5.74. The summed E-state index contributed by atoms with van der Waals surface area (Å²) in [4.78, 5) is 7.62. The average Bonchev–Trinajstić information content (AvgIpc) is 2.57. The van der Waals surface area contributed by atoms with E-state index in [9.17, 15) is 0 Å². The van der Waals surface area contributed by atoms with E-state index < -0.39 is 0 Å². The van der Waals surface area contributed by atoms with Gasteiger partial charge in [0, 0.05) is 0 Å². The minimum atomic E-state index is 0.239. The molecular weight excluding hydrogens is 176 g/mol. The molecule has 1 N–H and O–H groups in total. The number of hydrogen-bond donors (Lipinski definition) is 1. The largest absolute Gasteiger partial charge is 0.371 e. The van der Waals surface area contributed by atoms with Crippen LogP contribution in [-0.4, -0.2) is 16.1 Å². The van der Waals surface area contributed by atoms with Gasteiger partial charge in [0.2, 0.25) is 0 Å². The van der Waals surface area contributed by atoms with Crippen LogP contribution in [-0.2, 0) is 11.3 Å². The summed E-state index contributed by atoms with van der Waals surface area (Å²) < 4.78 is 5.46. The summed E-state index contributed by atoms with van der Waals surface area (Å²) in [6, 6.07) is 7.98. The maximum absolute atomic E-state index is 5.46. The molecule has 0 amide bonds. The highest BCUT2D eigenvalue weighted by atomic mass is 16.5. The van der Waals surface area contributed by atoms with Crippen molar-refractivity contribution < 1.29 is 4.74 Å². The molecule has 0 fully saturated rings. The number of hydrogen-bond acceptors (Lipinski definition) is 2. The number of fused-ring (bicyclic) bond motifs is 1. The van der Waals surface area contributed by atoms with E-state index in [-0.39, 0.29) is 6.10 Å². The Morgan fingerprint density at radius 2 is 2.14 bits per heavy atom. The molecule has 3 heteroatoms. The molecule has 0 aliphatic heterocycles. The van der Waals surface area contributed by atoms with Crippen LogP contribution in [0.4, 0.5) is 0 Å². The number of imidazole rings is 1. The second-order valence-electron chi connectivity index (χ2n) is 3.56. The smallest absolute Gasteiger partial charge is 0.133 e. The van der Waals surface area contributed by atoms with Crippen LogP contribution >= 0.6 is 0 Å². The lowest BCUT2D eigenvalue weighted by atomic mass is 10.3. The van der Waals surface area contributed by atoms with Crippen molar-refractivity contribution >= 4 is 11.0 Å². The molecule has 1 aromatic carbocycles. The first-order valence-electron chi connectivity index (χ1n) is 4.81. The summed E-state index contributed by atoms with van der Waals surface area (Å²) in [5.41, 5.74) is 2.06. The first-order chi connectivity index (χ1) is 6.75. The van der Waals surface area contributed by atoms with Crippen molar-refractivity contribution in [1.29, 1.82) is 0 Å². The number of ether oxygens (including phenoxy) is 1. The Bertz CT molecular complexity index is 387. The zero-order valence-corrected chi connectivity index (χ0v) is 8.45. The van der Waals surface area contributed by atoms with Gasteiger partial charge in [-0.15, -0.1) is 0 Å². The van der Waals surface area contributed by atoms with Crippen molar-refractivity contribution in [3.8, 4) is 0 Å². The standard InChI is InChI=1S/C11H14N2O/c1-8(2)14-7-11-12-9-5-3-4-6-10(9)13-11/h3-6,8H,7H2,1-2H3,(H,12,13). The third kappa shape index (κ3) is 1.93. The molecule has 0 radical (unpaired) electrons. The fraction of sp³-hybridized carbons (Fsp3) is 0.364. The third-order valence-corrected chi connectivity index (χ3v) is 1.99. The van der Waals surface area contributed by atoms with Gasteiger partial charge in [-0.1, -0.05) is 12.1 Å². The van der Waals surface area contributed by atoms with E-state index in [0.29, 0.717) is 6.61 Å². The number of nitrogens with zero attached hydrogens (tertiary/aromatic N) is 1. The summed E-state index contributed by atoms with van der Waals surface area (Å²) in [5, 5.41) is 0. The van der Waals surface area contributed by atoms with Crippen LogP contribution in [0.15, 0.2) is 24.3 Å². The monoisotopic (exact) mass is 190 g/mol. The number of rotatable bonds is 3. The number of para-hydroxylation sites is 2. The van der Waals surface area contributed by atoms with Crippen LogP contribution in [0.3, 0.4) is 0 Å². The van der Waals surface area contributed by atoms with Crippen LogP contribution in [0.2, 0.25) is 0 Å². The van der Waals surface area contributed by atoms with Gasteiger partial charge in [-0.3, -0.25) is 0 Å². The number of aromatic amines is 1. The molecule has 0 aliphatic carbocycles. The Labute approximate surface area is 83.1 Å². The van der Waals surface area contributed by atoms with Gasteiger partial charge in [-0.05, 0) is 26.0 Å². The maximum Gasteiger partial charge on any atom is 0.133 e. The number of H-pyrrole nitrogens is 1. The predicted molar refractivity (Wildman–Crippen MR) is 56.0 cm³/mol. The van der Waals surface area contributed by atoms with E-state index in [4.69, 9.17) is 4.74 Å². The Hall–Kier alpha value is -1.35. The van der Waals surface area contributed by atoms with Crippen molar-refractivity contribution in [3.05, 3.63) is 30.1 Å². The van der Waals surface area contributed by atoms with Gasteiger partial charge in [0.05, 0.1) is 17.1 Å². The molecule has 0 saturated carbocycles. The number of aromatic nitrogens is 2. The molecule has 0 atom stereocenters. The summed E-state index contributed by atoms with van der Waals surface area (Å²) in [6.07, 6.45) is 0.239. The molecular formula is C11H14N2O. The van der Waals surface area contributed by atoms with Crippen LogP contribution in [0.1, 0.15) is 19.7 Å². The molecule has 1 aromatic heterocycles. The lowest BCUT2D eigenvalue weighted by molar-refractivity contribution is 0.0618. The van der Waals surface area contributed by atoms with E-state index in [2.05, 4.69) is 9.97 Å². The average molecular weight is 190 g/mol. The van der Waals surface area contributed by atoms with Crippen LogP contribution < -0.4 is 0 Å². The molecule has 0 unspecified atom stereocenters. The van der Waals surface area contributed by atoms with E-state index >= 15 is 0 Å². The SMILES string of the molecule is CC(C)OCc1nc2ccccc2[nH]1. The first-order valence-corrected chi connectivity index (χ1v) is 4.81. The Balaban J connectivity index is 2.19. The lowest BCUT2D eigenvalue weighted by Crippen LogP contribution is -2.03. The van der Waals surface area contributed by atoms with Gasteiger partial charge in [-0.25, -0.2) is 4.98 Å². The Kier molecular flexibility index (Phi) is 2.50. The summed E-state index contributed by atoms with van der Waals surface area (Å²) >= 11 is 0. The summed E-state index contributed by atoms with van der Waals surface area (Å²) in [6.45, 7) is 4.58. The Morgan fingerprint density at radius 1 is 1.36 bits per heavy atom. The number of benzene rings is 1. The van der Waals surface area contributed by atoms with E-state index in [1.807, 2.05) is 38.1 Å². The molecule has 1 heterocycles. The minimum absolute atomic E-state index is 0.239. The van der Waals surface area contributed by atoms with E-state index in [1.54, 1.807) is 0 Å². The van der Waals surface area contributed by atoms with Crippen molar-refractivity contribution in [3.63, 3.8) is 0 Å². The fourth-order valence-corrected chi connectivity index (χ4v) is 1.32. The zero-order chi connectivity index (χ0) is 9.97. The molecule has 2 aromatic rings. The van der Waals surface area contributed by atoms with Crippen molar-refractivity contribution in [1.82, 2.24) is 9.97 Å². The normalized spacial score (nSPS) is 11.4. The highest BCUT2D eigenvalue weighted by Gasteiger charge is 2.02. The molecule has 2 rings (SSSR count). The van der Waals surface area contributed by atoms with Gasteiger partial charge in [0.15, 0.2) is 0 Å². The molecule has 0 saturated heterocycles.